The summed E-state index contributed by atoms with van der Waals surface area (Å²) < 4.78 is 26.2. The molecule has 0 aliphatic carbocycles. The molecule has 1 aromatic heterocycles. The van der Waals surface area contributed by atoms with Crippen LogP contribution in [0.4, 0.5) is 20.3 Å². The number of fused-ring (bicyclic) bond motifs is 1. The van der Waals surface area contributed by atoms with E-state index in [1.165, 1.54) is 12.1 Å². The Labute approximate surface area is 117 Å². The number of nitro groups is 1. The number of nitrogens with zero attached hydrogens (tertiary/aromatic N) is 4. The Morgan fingerprint density at radius 1 is 1.50 bits per heavy atom. The van der Waals surface area contributed by atoms with E-state index < -0.39 is 17.9 Å². The average Bonchev–Trinajstić information content (AvgIpc) is 2.69. The van der Waals surface area contributed by atoms with Crippen molar-refractivity contribution in [3.63, 3.8) is 0 Å². The topological polar surface area (TPSA) is 64.2 Å². The highest BCUT2D eigenvalue weighted by molar-refractivity contribution is 6.36. The number of aromatic nitrogens is 2. The van der Waals surface area contributed by atoms with Crippen LogP contribution in [0.15, 0.2) is 12.1 Å². The van der Waals surface area contributed by atoms with E-state index in [1.54, 1.807) is 19.0 Å². The summed E-state index contributed by atoms with van der Waals surface area (Å²) in [4.78, 5) is 12.0. The predicted octanol–water partition coefficient (Wildman–Crippen LogP) is 2.93. The van der Waals surface area contributed by atoms with Crippen molar-refractivity contribution in [1.29, 1.82) is 0 Å². The standard InChI is InChI=1S/C11H11ClF2N4O2/c1-16(2)11-9-6(12)3-4-7(18(19)20)10(9)17(15-11)5-8(13)14/h3-4,8H,5H2,1-2H3. The summed E-state index contributed by atoms with van der Waals surface area (Å²) in [6, 6.07) is 2.55. The number of hydrogen-bond donors (Lipinski definition) is 0. The lowest BCUT2D eigenvalue weighted by Crippen LogP contribution is -2.12. The number of hydrogen-bond acceptors (Lipinski definition) is 4. The first-order valence-electron chi connectivity index (χ1n) is 5.61. The van der Waals surface area contributed by atoms with Gasteiger partial charge < -0.3 is 4.90 Å². The van der Waals surface area contributed by atoms with Crippen LogP contribution in [-0.4, -0.2) is 35.2 Å². The second-order valence-corrected chi connectivity index (χ2v) is 4.75. The van der Waals surface area contributed by atoms with Crippen molar-refractivity contribution in [2.24, 2.45) is 0 Å². The summed E-state index contributed by atoms with van der Waals surface area (Å²) in [6.07, 6.45) is -2.67. The lowest BCUT2D eigenvalue weighted by atomic mass is 10.2. The van der Waals surface area contributed by atoms with E-state index in [2.05, 4.69) is 5.10 Å². The molecule has 0 spiro atoms. The Morgan fingerprint density at radius 2 is 2.15 bits per heavy atom. The van der Waals surface area contributed by atoms with Crippen LogP contribution < -0.4 is 4.90 Å². The number of halogens is 3. The maximum absolute atomic E-state index is 12.6. The molecule has 0 fully saturated rings. The van der Waals surface area contributed by atoms with Crippen molar-refractivity contribution in [1.82, 2.24) is 9.78 Å². The van der Waals surface area contributed by atoms with Crippen LogP contribution in [-0.2, 0) is 6.54 Å². The SMILES string of the molecule is CN(C)c1nn(CC(F)F)c2c([N+](=O)[O-])ccc(Cl)c12. The maximum Gasteiger partial charge on any atom is 0.295 e. The molecule has 0 N–H and O–H groups in total. The third kappa shape index (κ3) is 2.38. The number of non-ortho nitro benzene ring substituents is 1. The molecule has 6 nitrogen and oxygen atoms in total. The molecule has 1 aromatic carbocycles. The summed E-state index contributed by atoms with van der Waals surface area (Å²) in [5.74, 6) is 0.314. The van der Waals surface area contributed by atoms with Gasteiger partial charge in [-0.3, -0.25) is 10.1 Å². The van der Waals surface area contributed by atoms with E-state index >= 15 is 0 Å². The fraction of sp³-hybridized carbons (Fsp3) is 0.364. The van der Waals surface area contributed by atoms with Gasteiger partial charge in [-0.15, -0.1) is 0 Å². The molecule has 2 rings (SSSR count). The Hall–Kier alpha value is -1.96. The van der Waals surface area contributed by atoms with Crippen LogP contribution in [0.5, 0.6) is 0 Å². The molecule has 0 radical (unpaired) electrons. The third-order valence-electron chi connectivity index (χ3n) is 2.73. The van der Waals surface area contributed by atoms with E-state index in [1.807, 2.05) is 0 Å². The molecule has 0 bridgehead atoms. The van der Waals surface area contributed by atoms with Crippen molar-refractivity contribution in [2.75, 3.05) is 19.0 Å². The fourth-order valence-corrected chi connectivity index (χ4v) is 2.20. The minimum Gasteiger partial charge on any atom is -0.361 e. The van der Waals surface area contributed by atoms with Crippen LogP contribution in [0.3, 0.4) is 0 Å². The van der Waals surface area contributed by atoms with E-state index in [-0.39, 0.29) is 16.2 Å². The van der Waals surface area contributed by atoms with Crippen LogP contribution in [0.1, 0.15) is 0 Å². The molecule has 108 valence electrons. The van der Waals surface area contributed by atoms with Gasteiger partial charge in [-0.2, -0.15) is 5.10 Å². The van der Waals surface area contributed by atoms with Crippen molar-refractivity contribution in [3.05, 3.63) is 27.3 Å². The normalized spacial score (nSPS) is 11.3. The molecule has 20 heavy (non-hydrogen) atoms. The number of rotatable bonds is 4. The largest absolute Gasteiger partial charge is 0.361 e. The monoisotopic (exact) mass is 304 g/mol. The summed E-state index contributed by atoms with van der Waals surface area (Å²) in [5, 5.41) is 15.6. The molecule has 0 aliphatic rings. The van der Waals surface area contributed by atoms with Crippen LogP contribution in [0, 0.1) is 10.1 Å². The second-order valence-electron chi connectivity index (χ2n) is 4.34. The van der Waals surface area contributed by atoms with Gasteiger partial charge in [0.05, 0.1) is 15.3 Å². The zero-order chi connectivity index (χ0) is 15.0. The van der Waals surface area contributed by atoms with Crippen LogP contribution in [0.2, 0.25) is 5.02 Å². The lowest BCUT2D eigenvalue weighted by molar-refractivity contribution is -0.383. The predicted molar refractivity (Wildman–Crippen MR) is 71.7 cm³/mol. The third-order valence-corrected chi connectivity index (χ3v) is 3.05. The fourth-order valence-electron chi connectivity index (χ4n) is 1.97. The van der Waals surface area contributed by atoms with E-state index in [4.69, 9.17) is 11.6 Å². The highest BCUT2D eigenvalue weighted by Crippen LogP contribution is 2.37. The average molecular weight is 305 g/mol. The summed E-state index contributed by atoms with van der Waals surface area (Å²) in [6.45, 7) is -0.731. The molecule has 1 heterocycles. The number of benzene rings is 1. The van der Waals surface area contributed by atoms with Crippen molar-refractivity contribution >= 4 is 34.0 Å². The van der Waals surface area contributed by atoms with E-state index in [9.17, 15) is 18.9 Å². The molecule has 0 saturated carbocycles. The lowest BCUT2D eigenvalue weighted by Gasteiger charge is -2.08. The summed E-state index contributed by atoms with van der Waals surface area (Å²) in [7, 11) is 3.31. The zero-order valence-corrected chi connectivity index (χ0v) is 11.4. The molecule has 0 amide bonds. The zero-order valence-electron chi connectivity index (χ0n) is 10.7. The summed E-state index contributed by atoms with van der Waals surface area (Å²) >= 11 is 6.04. The van der Waals surface area contributed by atoms with Crippen molar-refractivity contribution in [2.45, 2.75) is 13.0 Å². The van der Waals surface area contributed by atoms with Crippen molar-refractivity contribution in [3.8, 4) is 0 Å². The second kappa shape index (κ2) is 5.20. The van der Waals surface area contributed by atoms with Crippen LogP contribution in [0.25, 0.3) is 10.9 Å². The van der Waals surface area contributed by atoms with Gasteiger partial charge in [0.2, 0.25) is 0 Å². The number of alkyl halides is 2. The molecule has 0 atom stereocenters. The summed E-state index contributed by atoms with van der Waals surface area (Å²) in [5.41, 5.74) is -0.294. The van der Waals surface area contributed by atoms with Gasteiger partial charge in [-0.25, -0.2) is 13.5 Å². The molecular weight excluding hydrogens is 294 g/mol. The Balaban J connectivity index is 2.85. The van der Waals surface area contributed by atoms with Gasteiger partial charge in [0.1, 0.15) is 12.1 Å². The molecule has 0 unspecified atom stereocenters. The molecular formula is C11H11ClF2N4O2. The Bertz CT molecular complexity index is 672. The van der Waals surface area contributed by atoms with Crippen LogP contribution >= 0.6 is 11.6 Å². The first kappa shape index (κ1) is 14.4. The minimum absolute atomic E-state index is 0.00602. The van der Waals surface area contributed by atoms with Gasteiger partial charge >= 0.3 is 0 Å². The van der Waals surface area contributed by atoms with Gasteiger partial charge in [-0.1, -0.05) is 11.6 Å². The molecule has 0 aliphatic heterocycles. The van der Waals surface area contributed by atoms with Gasteiger partial charge in [0, 0.05) is 20.2 Å². The quantitative estimate of drug-likeness (QED) is 0.643. The van der Waals surface area contributed by atoms with E-state index in [0.717, 1.165) is 4.68 Å². The highest BCUT2D eigenvalue weighted by Gasteiger charge is 2.25. The van der Waals surface area contributed by atoms with Gasteiger partial charge in [0.15, 0.2) is 5.82 Å². The number of anilines is 1. The number of nitro benzene ring substituents is 1. The minimum atomic E-state index is -2.67. The highest BCUT2D eigenvalue weighted by atomic mass is 35.5. The van der Waals surface area contributed by atoms with E-state index in [0.29, 0.717) is 11.2 Å². The first-order valence-corrected chi connectivity index (χ1v) is 5.99. The maximum atomic E-state index is 12.6. The molecule has 9 heteroatoms. The Kier molecular flexibility index (Phi) is 3.76. The molecule has 2 aromatic rings. The van der Waals surface area contributed by atoms with Gasteiger partial charge in [0.25, 0.3) is 12.1 Å². The van der Waals surface area contributed by atoms with Gasteiger partial charge in [-0.05, 0) is 6.07 Å². The molecule has 0 saturated heterocycles. The smallest absolute Gasteiger partial charge is 0.295 e. The Morgan fingerprint density at radius 3 is 2.65 bits per heavy atom. The first-order chi connectivity index (χ1) is 9.32. The van der Waals surface area contributed by atoms with Crippen molar-refractivity contribution < 1.29 is 13.7 Å².